The van der Waals surface area contributed by atoms with E-state index in [4.69, 9.17) is 9.47 Å². The highest BCUT2D eigenvalue weighted by molar-refractivity contribution is 7.17. The van der Waals surface area contributed by atoms with E-state index in [1.165, 1.54) is 17.3 Å². The van der Waals surface area contributed by atoms with Gasteiger partial charge in [0.15, 0.2) is 0 Å². The minimum absolute atomic E-state index is 0.0480. The van der Waals surface area contributed by atoms with Crippen molar-refractivity contribution in [2.45, 2.75) is 32.5 Å². The van der Waals surface area contributed by atoms with Crippen molar-refractivity contribution in [2.24, 2.45) is 5.92 Å². The summed E-state index contributed by atoms with van der Waals surface area (Å²) in [5.74, 6) is -0.787. The molecule has 3 rings (SSSR count). The highest BCUT2D eigenvalue weighted by atomic mass is 32.1. The fourth-order valence-electron chi connectivity index (χ4n) is 2.92. The number of nitrogens with zero attached hydrogens (tertiary/aromatic N) is 2. The molecule has 0 bridgehead atoms. The summed E-state index contributed by atoms with van der Waals surface area (Å²) in [5.41, 5.74) is -1.48. The van der Waals surface area contributed by atoms with Crippen molar-refractivity contribution in [1.29, 1.82) is 0 Å². The molecule has 0 aliphatic carbocycles. The van der Waals surface area contributed by atoms with Crippen molar-refractivity contribution < 1.29 is 32.2 Å². The molecule has 1 aliphatic heterocycles. The van der Waals surface area contributed by atoms with Crippen molar-refractivity contribution in [2.75, 3.05) is 26.7 Å². The van der Waals surface area contributed by atoms with E-state index in [2.05, 4.69) is 10.3 Å². The predicted octanol–water partition coefficient (Wildman–Crippen LogP) is 3.92. The largest absolute Gasteiger partial charge is 0.477 e. The molecular formula is C19H22F3N3O4S. The first kappa shape index (κ1) is 22.1. The molecule has 1 saturated heterocycles. The van der Waals surface area contributed by atoms with Crippen molar-refractivity contribution >= 4 is 33.6 Å². The minimum atomic E-state index is -4.62. The second kappa shape index (κ2) is 7.93. The zero-order chi connectivity index (χ0) is 22.3. The standard InChI is InChI=1S/C19H22F3N3O4S/c1-18(2,3)29-17(27)25-6-10(7-25)8-28-13-5-12(19(20,21)22)15-14(24-13)11(9-30-15)16(26)23-4/h5,9-10H,6-8H2,1-4H3,(H,23,26). The van der Waals surface area contributed by atoms with Gasteiger partial charge in [-0.25, -0.2) is 9.78 Å². The maximum Gasteiger partial charge on any atom is 0.418 e. The lowest BCUT2D eigenvalue weighted by atomic mass is 10.0. The topological polar surface area (TPSA) is 80.8 Å². The molecular weight excluding hydrogens is 423 g/mol. The van der Waals surface area contributed by atoms with Crippen LogP contribution in [0.25, 0.3) is 10.2 Å². The molecule has 0 radical (unpaired) electrons. The summed E-state index contributed by atoms with van der Waals surface area (Å²) in [6, 6.07) is 0.844. The summed E-state index contributed by atoms with van der Waals surface area (Å²) in [6.07, 6.45) is -5.06. The van der Waals surface area contributed by atoms with Gasteiger partial charge in [0.1, 0.15) is 5.60 Å². The van der Waals surface area contributed by atoms with Crippen LogP contribution in [0, 0.1) is 5.92 Å². The highest BCUT2D eigenvalue weighted by Gasteiger charge is 2.37. The number of carbonyl (C=O) groups is 2. The molecule has 30 heavy (non-hydrogen) atoms. The lowest BCUT2D eigenvalue weighted by Gasteiger charge is -2.39. The van der Waals surface area contributed by atoms with E-state index in [-0.39, 0.29) is 34.2 Å². The molecule has 0 unspecified atom stereocenters. The van der Waals surface area contributed by atoms with Crippen molar-refractivity contribution in [3.8, 4) is 5.88 Å². The van der Waals surface area contributed by atoms with Crippen LogP contribution in [0.1, 0.15) is 36.7 Å². The van der Waals surface area contributed by atoms with Gasteiger partial charge in [0.05, 0.1) is 28.0 Å². The Balaban J connectivity index is 1.72. The lowest BCUT2D eigenvalue weighted by Crippen LogP contribution is -2.53. The van der Waals surface area contributed by atoms with Gasteiger partial charge in [0.2, 0.25) is 5.88 Å². The highest BCUT2D eigenvalue weighted by Crippen LogP contribution is 2.40. The van der Waals surface area contributed by atoms with E-state index >= 15 is 0 Å². The van der Waals surface area contributed by atoms with E-state index in [0.29, 0.717) is 13.1 Å². The number of fused-ring (bicyclic) bond motifs is 1. The number of thiophene rings is 1. The number of likely N-dealkylation sites (tertiary alicyclic amines) is 1. The third kappa shape index (κ3) is 4.77. The van der Waals surface area contributed by atoms with Gasteiger partial charge < -0.3 is 19.7 Å². The number of nitrogens with one attached hydrogen (secondary N) is 1. The Bertz CT molecular complexity index is 962. The van der Waals surface area contributed by atoms with Crippen LogP contribution in [0.5, 0.6) is 5.88 Å². The lowest BCUT2D eigenvalue weighted by molar-refractivity contribution is -0.136. The SMILES string of the molecule is CNC(=O)c1csc2c(C(F)(F)F)cc(OCC3CN(C(=O)OC(C)(C)C)C3)nc12. The number of hydrogen-bond donors (Lipinski definition) is 1. The van der Waals surface area contributed by atoms with Crippen LogP contribution in [0.4, 0.5) is 18.0 Å². The molecule has 1 N–H and O–H groups in total. The summed E-state index contributed by atoms with van der Waals surface area (Å²) >= 11 is 0.811. The Labute approximate surface area is 175 Å². The maximum absolute atomic E-state index is 13.5. The number of halogens is 3. The molecule has 0 spiro atoms. The first-order chi connectivity index (χ1) is 13.9. The molecule has 0 saturated carbocycles. The Morgan fingerprint density at radius 3 is 2.53 bits per heavy atom. The van der Waals surface area contributed by atoms with Crippen LogP contribution in [0.2, 0.25) is 0 Å². The second-order valence-electron chi connectivity index (χ2n) is 7.97. The van der Waals surface area contributed by atoms with Crippen LogP contribution in [-0.2, 0) is 10.9 Å². The summed E-state index contributed by atoms with van der Waals surface area (Å²) in [5, 5.41) is 3.74. The molecule has 0 atom stereocenters. The second-order valence-corrected chi connectivity index (χ2v) is 8.85. The summed E-state index contributed by atoms with van der Waals surface area (Å²) in [7, 11) is 1.39. The van der Waals surface area contributed by atoms with Crippen LogP contribution in [0.3, 0.4) is 0 Å². The molecule has 2 amide bonds. The van der Waals surface area contributed by atoms with Crippen molar-refractivity contribution in [1.82, 2.24) is 15.2 Å². The number of pyridine rings is 1. The van der Waals surface area contributed by atoms with Gasteiger partial charge in [-0.3, -0.25) is 4.79 Å². The van der Waals surface area contributed by atoms with Crippen LogP contribution in [0.15, 0.2) is 11.4 Å². The smallest absolute Gasteiger partial charge is 0.418 e. The monoisotopic (exact) mass is 445 g/mol. The van der Waals surface area contributed by atoms with Crippen molar-refractivity contribution in [3.63, 3.8) is 0 Å². The van der Waals surface area contributed by atoms with Gasteiger partial charge in [-0.15, -0.1) is 11.3 Å². The van der Waals surface area contributed by atoms with Gasteiger partial charge in [0, 0.05) is 37.5 Å². The van der Waals surface area contributed by atoms with E-state index in [0.717, 1.165) is 17.4 Å². The maximum atomic E-state index is 13.5. The number of hydrogen-bond acceptors (Lipinski definition) is 6. The predicted molar refractivity (Wildman–Crippen MR) is 105 cm³/mol. The number of alkyl halides is 3. The number of carbonyl (C=O) groups excluding carboxylic acids is 2. The Morgan fingerprint density at radius 1 is 1.30 bits per heavy atom. The van der Waals surface area contributed by atoms with Crippen LogP contribution in [-0.4, -0.2) is 54.2 Å². The summed E-state index contributed by atoms with van der Waals surface area (Å²) < 4.78 is 51.2. The Hall–Kier alpha value is -2.56. The molecule has 2 aromatic rings. The Kier molecular flexibility index (Phi) is 5.85. The fraction of sp³-hybridized carbons (Fsp3) is 0.526. The van der Waals surface area contributed by atoms with Crippen LogP contribution >= 0.6 is 11.3 Å². The van der Waals surface area contributed by atoms with Gasteiger partial charge in [-0.1, -0.05) is 0 Å². The van der Waals surface area contributed by atoms with Crippen LogP contribution < -0.4 is 10.1 Å². The third-order valence-corrected chi connectivity index (χ3v) is 5.35. The molecule has 0 aromatic carbocycles. The zero-order valence-corrected chi connectivity index (χ0v) is 17.7. The molecule has 1 fully saturated rings. The fourth-order valence-corrected chi connectivity index (χ4v) is 3.94. The van der Waals surface area contributed by atoms with Gasteiger partial charge in [0.25, 0.3) is 5.91 Å². The van der Waals surface area contributed by atoms with E-state index in [9.17, 15) is 22.8 Å². The third-order valence-electron chi connectivity index (χ3n) is 4.35. The quantitative estimate of drug-likeness (QED) is 0.772. The molecule has 3 heterocycles. The average Bonchev–Trinajstić information content (AvgIpc) is 3.00. The first-order valence-corrected chi connectivity index (χ1v) is 10.1. The van der Waals surface area contributed by atoms with Crippen molar-refractivity contribution in [3.05, 3.63) is 22.6 Å². The molecule has 7 nitrogen and oxygen atoms in total. The van der Waals surface area contributed by atoms with E-state index in [1.54, 1.807) is 20.8 Å². The molecule has 11 heteroatoms. The first-order valence-electron chi connectivity index (χ1n) is 9.21. The number of rotatable bonds is 4. The number of aromatic nitrogens is 1. The minimum Gasteiger partial charge on any atom is -0.477 e. The summed E-state index contributed by atoms with van der Waals surface area (Å²) in [4.78, 5) is 29.5. The molecule has 1 aliphatic rings. The molecule has 164 valence electrons. The van der Waals surface area contributed by atoms with Gasteiger partial charge in [-0.2, -0.15) is 13.2 Å². The zero-order valence-electron chi connectivity index (χ0n) is 16.9. The average molecular weight is 445 g/mol. The van der Waals surface area contributed by atoms with Gasteiger partial charge >= 0.3 is 12.3 Å². The van der Waals surface area contributed by atoms with E-state index in [1.807, 2.05) is 0 Å². The number of ether oxygens (including phenoxy) is 2. The Morgan fingerprint density at radius 2 is 1.97 bits per heavy atom. The number of amides is 2. The molecule has 2 aromatic heterocycles. The van der Waals surface area contributed by atoms with Gasteiger partial charge in [-0.05, 0) is 20.8 Å². The van der Waals surface area contributed by atoms with E-state index < -0.39 is 29.3 Å². The summed E-state index contributed by atoms with van der Waals surface area (Å²) in [6.45, 7) is 6.15. The normalized spacial score (nSPS) is 15.1.